The Hall–Kier alpha value is -2.92. The molecule has 1 saturated heterocycles. The molecule has 148 valence electrons. The minimum Gasteiger partial charge on any atom is -0.450 e. The minimum atomic E-state index is -0.454. The van der Waals surface area contributed by atoms with Crippen molar-refractivity contribution in [1.82, 2.24) is 4.90 Å². The second kappa shape index (κ2) is 6.85. The summed E-state index contributed by atoms with van der Waals surface area (Å²) in [6.07, 6.45) is 1.91. The number of amides is 1. The zero-order valence-corrected chi connectivity index (χ0v) is 16.6. The van der Waals surface area contributed by atoms with Gasteiger partial charge < -0.3 is 14.1 Å². The molecule has 2 aromatic carbocycles. The number of carbonyl (C=O) groups excluding carboxylic acids is 1. The smallest absolute Gasteiger partial charge is 0.291 e. The monoisotopic (exact) mass is 389 g/mol. The van der Waals surface area contributed by atoms with Crippen molar-refractivity contribution in [3.05, 3.63) is 80.7 Å². The van der Waals surface area contributed by atoms with Gasteiger partial charge in [0.05, 0.1) is 23.1 Å². The predicted octanol–water partition coefficient (Wildman–Crippen LogP) is 4.13. The molecule has 3 heterocycles. The second-order valence-electron chi connectivity index (χ2n) is 8.08. The third-order valence-corrected chi connectivity index (χ3v) is 5.94. The van der Waals surface area contributed by atoms with E-state index in [2.05, 4.69) is 0 Å². The Bertz CT molecular complexity index is 1160. The van der Waals surface area contributed by atoms with E-state index in [1.807, 2.05) is 50.2 Å². The number of hydrogen-bond acceptors (Lipinski definition) is 4. The molecule has 0 aliphatic carbocycles. The first-order chi connectivity index (χ1) is 14.0. The lowest BCUT2D eigenvalue weighted by atomic mass is 9.97. The molecule has 0 saturated carbocycles. The van der Waals surface area contributed by atoms with Crippen molar-refractivity contribution >= 4 is 16.9 Å². The summed E-state index contributed by atoms with van der Waals surface area (Å²) in [4.78, 5) is 28.5. The quantitative estimate of drug-likeness (QED) is 0.676. The minimum absolute atomic E-state index is 0.00651. The fourth-order valence-corrected chi connectivity index (χ4v) is 4.42. The fourth-order valence-electron chi connectivity index (χ4n) is 4.42. The van der Waals surface area contributed by atoms with Crippen LogP contribution in [0.4, 0.5) is 0 Å². The predicted molar refractivity (Wildman–Crippen MR) is 110 cm³/mol. The summed E-state index contributed by atoms with van der Waals surface area (Å²) < 4.78 is 11.8. The van der Waals surface area contributed by atoms with Crippen LogP contribution in [-0.2, 0) is 4.74 Å². The van der Waals surface area contributed by atoms with Gasteiger partial charge in [-0.2, -0.15) is 0 Å². The van der Waals surface area contributed by atoms with Crippen LogP contribution in [0.1, 0.15) is 51.7 Å². The maximum absolute atomic E-state index is 13.4. The van der Waals surface area contributed by atoms with Crippen molar-refractivity contribution in [1.29, 1.82) is 0 Å². The number of hydrogen-bond donors (Lipinski definition) is 0. The topological polar surface area (TPSA) is 59.8 Å². The molecule has 0 N–H and O–H groups in total. The highest BCUT2D eigenvalue weighted by Crippen LogP contribution is 2.39. The van der Waals surface area contributed by atoms with Crippen molar-refractivity contribution in [2.75, 3.05) is 13.2 Å². The van der Waals surface area contributed by atoms with Gasteiger partial charge in [-0.3, -0.25) is 9.59 Å². The molecule has 29 heavy (non-hydrogen) atoms. The van der Waals surface area contributed by atoms with Crippen molar-refractivity contribution in [2.24, 2.45) is 0 Å². The highest BCUT2D eigenvalue weighted by Gasteiger charge is 2.43. The number of carbonyl (C=O) groups is 1. The molecule has 1 aromatic heterocycles. The van der Waals surface area contributed by atoms with E-state index in [0.29, 0.717) is 23.1 Å². The van der Waals surface area contributed by atoms with Gasteiger partial charge in [0.25, 0.3) is 5.91 Å². The molecular formula is C24H23NO4. The van der Waals surface area contributed by atoms with Crippen LogP contribution in [0.5, 0.6) is 0 Å². The average Bonchev–Trinajstić information content (AvgIpc) is 3.31. The normalized spacial score (nSPS) is 21.2. The largest absolute Gasteiger partial charge is 0.450 e. The van der Waals surface area contributed by atoms with Gasteiger partial charge in [0, 0.05) is 13.2 Å². The van der Waals surface area contributed by atoms with Gasteiger partial charge in [-0.15, -0.1) is 0 Å². The van der Waals surface area contributed by atoms with E-state index in [4.69, 9.17) is 9.15 Å². The average molecular weight is 389 g/mol. The third kappa shape index (κ3) is 2.97. The van der Waals surface area contributed by atoms with Crippen LogP contribution in [0.3, 0.4) is 0 Å². The van der Waals surface area contributed by atoms with Crippen molar-refractivity contribution in [3.8, 4) is 0 Å². The van der Waals surface area contributed by atoms with Crippen LogP contribution < -0.4 is 5.43 Å². The summed E-state index contributed by atoms with van der Waals surface area (Å²) >= 11 is 0. The number of fused-ring (bicyclic) bond motifs is 2. The molecule has 0 unspecified atom stereocenters. The zero-order valence-electron chi connectivity index (χ0n) is 16.6. The SMILES string of the molecule is Cc1ccc([C@H]2c3c(oc4cc(C)ccc4c3=O)C(=O)N2C[C@H]2CCCO2)cc1. The summed E-state index contributed by atoms with van der Waals surface area (Å²) in [5.74, 6) is -0.0711. The molecule has 2 aliphatic rings. The Morgan fingerprint density at radius 1 is 1.03 bits per heavy atom. The first-order valence-electron chi connectivity index (χ1n) is 10.1. The third-order valence-electron chi connectivity index (χ3n) is 5.94. The molecule has 0 spiro atoms. The molecule has 5 heteroatoms. The van der Waals surface area contributed by atoms with Crippen molar-refractivity contribution in [2.45, 2.75) is 38.8 Å². The number of nitrogens with zero attached hydrogens (tertiary/aromatic N) is 1. The number of rotatable bonds is 3. The van der Waals surface area contributed by atoms with Crippen LogP contribution in [0.2, 0.25) is 0 Å². The highest BCUT2D eigenvalue weighted by molar-refractivity contribution is 5.99. The summed E-state index contributed by atoms with van der Waals surface area (Å²) in [7, 11) is 0. The summed E-state index contributed by atoms with van der Waals surface area (Å²) in [6, 6.07) is 13.0. The Morgan fingerprint density at radius 3 is 2.52 bits per heavy atom. The lowest BCUT2D eigenvalue weighted by molar-refractivity contribution is 0.0486. The molecule has 2 atom stereocenters. The molecule has 2 aliphatic heterocycles. The van der Waals surface area contributed by atoms with E-state index in [9.17, 15) is 9.59 Å². The van der Waals surface area contributed by atoms with Gasteiger partial charge in [-0.05, 0) is 49.9 Å². The van der Waals surface area contributed by atoms with Crippen LogP contribution in [0.15, 0.2) is 51.7 Å². The molecule has 0 bridgehead atoms. The van der Waals surface area contributed by atoms with Crippen LogP contribution in [0.25, 0.3) is 11.0 Å². The maximum atomic E-state index is 13.4. The van der Waals surface area contributed by atoms with Gasteiger partial charge in [0.15, 0.2) is 5.43 Å². The second-order valence-corrected chi connectivity index (χ2v) is 8.08. The lowest BCUT2D eigenvalue weighted by Gasteiger charge is -2.27. The zero-order chi connectivity index (χ0) is 20.1. The Morgan fingerprint density at radius 2 is 1.79 bits per heavy atom. The Kier molecular flexibility index (Phi) is 4.28. The number of aryl methyl sites for hydroxylation is 2. The van der Waals surface area contributed by atoms with Gasteiger partial charge in [0.1, 0.15) is 5.58 Å². The first kappa shape index (κ1) is 18.1. The van der Waals surface area contributed by atoms with Gasteiger partial charge in [0.2, 0.25) is 5.76 Å². The summed E-state index contributed by atoms with van der Waals surface area (Å²) in [5, 5.41) is 0.512. The summed E-state index contributed by atoms with van der Waals surface area (Å²) in [6.45, 7) is 5.13. The van der Waals surface area contributed by atoms with E-state index in [1.54, 1.807) is 11.0 Å². The van der Waals surface area contributed by atoms with Crippen LogP contribution in [0, 0.1) is 13.8 Å². The highest BCUT2D eigenvalue weighted by atomic mass is 16.5. The van der Waals surface area contributed by atoms with Gasteiger partial charge in [-0.1, -0.05) is 35.9 Å². The van der Waals surface area contributed by atoms with E-state index in [-0.39, 0.29) is 23.2 Å². The van der Waals surface area contributed by atoms with Crippen LogP contribution in [-0.4, -0.2) is 30.1 Å². The standard InChI is InChI=1S/C24H23NO4/c1-14-5-8-16(9-6-14)21-20-22(26)18-10-7-15(2)12-19(18)29-23(20)24(27)25(21)13-17-4-3-11-28-17/h5-10,12,17,21H,3-4,11,13H2,1-2H3/t17-,21+/m1/s1. The molecule has 3 aromatic rings. The van der Waals surface area contributed by atoms with Gasteiger partial charge in [-0.25, -0.2) is 0 Å². The number of benzene rings is 2. The van der Waals surface area contributed by atoms with E-state index in [1.165, 1.54) is 0 Å². The van der Waals surface area contributed by atoms with E-state index in [0.717, 1.165) is 36.1 Å². The fraction of sp³-hybridized carbons (Fsp3) is 0.333. The van der Waals surface area contributed by atoms with Crippen LogP contribution >= 0.6 is 0 Å². The van der Waals surface area contributed by atoms with Gasteiger partial charge >= 0.3 is 0 Å². The summed E-state index contributed by atoms with van der Waals surface area (Å²) in [5.41, 5.74) is 3.80. The lowest BCUT2D eigenvalue weighted by Crippen LogP contribution is -2.36. The van der Waals surface area contributed by atoms with E-state index < -0.39 is 6.04 Å². The van der Waals surface area contributed by atoms with Crippen molar-refractivity contribution in [3.63, 3.8) is 0 Å². The van der Waals surface area contributed by atoms with Crippen molar-refractivity contribution < 1.29 is 13.9 Å². The Balaban J connectivity index is 1.70. The molecule has 5 nitrogen and oxygen atoms in total. The molecular weight excluding hydrogens is 366 g/mol. The molecule has 5 rings (SSSR count). The van der Waals surface area contributed by atoms with E-state index >= 15 is 0 Å². The molecule has 0 radical (unpaired) electrons. The molecule has 1 amide bonds. The number of ether oxygens (including phenoxy) is 1. The Labute approximate surface area is 168 Å². The molecule has 1 fully saturated rings. The first-order valence-corrected chi connectivity index (χ1v) is 10.1. The maximum Gasteiger partial charge on any atom is 0.291 e.